The van der Waals surface area contributed by atoms with Gasteiger partial charge in [0.15, 0.2) is 0 Å². The van der Waals surface area contributed by atoms with E-state index in [4.69, 9.17) is 0 Å². The minimum absolute atomic E-state index is 0.0507. The lowest BCUT2D eigenvalue weighted by Gasteiger charge is -2.07. The van der Waals surface area contributed by atoms with Gasteiger partial charge in [0.1, 0.15) is 11.4 Å². The van der Waals surface area contributed by atoms with Gasteiger partial charge in [-0.15, -0.1) is 0 Å². The van der Waals surface area contributed by atoms with Crippen molar-refractivity contribution in [1.29, 1.82) is 0 Å². The summed E-state index contributed by atoms with van der Waals surface area (Å²) in [5.41, 5.74) is 2.00. The van der Waals surface area contributed by atoms with Crippen molar-refractivity contribution in [2.24, 2.45) is 0 Å². The minimum atomic E-state index is -0.479. The van der Waals surface area contributed by atoms with Crippen LogP contribution in [0.15, 0.2) is 65.6 Å². The molecule has 23 heavy (non-hydrogen) atoms. The van der Waals surface area contributed by atoms with Crippen molar-refractivity contribution in [3.8, 4) is 11.3 Å². The van der Waals surface area contributed by atoms with Crippen LogP contribution < -0.4 is 10.9 Å². The number of benzene rings is 1. The molecule has 5 heteroatoms. The molecule has 0 bridgehead atoms. The van der Waals surface area contributed by atoms with E-state index in [-0.39, 0.29) is 5.56 Å². The maximum absolute atomic E-state index is 12.3. The van der Waals surface area contributed by atoms with Crippen LogP contribution in [-0.2, 0) is 0 Å². The average Bonchev–Trinajstić information content (AvgIpc) is 2.57. The Morgan fingerprint density at radius 3 is 2.52 bits per heavy atom. The number of nitrogens with one attached hydrogen (secondary N) is 2. The average molecular weight is 305 g/mol. The number of carbonyl (C=O) groups excluding carboxylic acids is 1. The van der Waals surface area contributed by atoms with Gasteiger partial charge in [0.25, 0.3) is 11.5 Å². The highest BCUT2D eigenvalue weighted by molar-refractivity contribution is 6.03. The summed E-state index contributed by atoms with van der Waals surface area (Å²) in [5.74, 6) is -0.0308. The molecule has 5 nitrogen and oxygen atoms in total. The number of nitrogens with zero attached hydrogens (tertiary/aromatic N) is 1. The number of aromatic amines is 1. The van der Waals surface area contributed by atoms with Crippen molar-refractivity contribution in [2.75, 3.05) is 5.32 Å². The first-order valence-corrected chi connectivity index (χ1v) is 7.17. The van der Waals surface area contributed by atoms with Crippen LogP contribution in [0.25, 0.3) is 11.3 Å². The van der Waals surface area contributed by atoms with Crippen LogP contribution in [-0.4, -0.2) is 15.9 Å². The molecule has 0 aliphatic heterocycles. The maximum atomic E-state index is 12.3. The fraction of sp³-hybridized carbons (Fsp3) is 0.0556. The van der Waals surface area contributed by atoms with Gasteiger partial charge in [-0.1, -0.05) is 36.4 Å². The van der Waals surface area contributed by atoms with Gasteiger partial charge in [-0.05, 0) is 36.2 Å². The summed E-state index contributed by atoms with van der Waals surface area (Å²) in [5, 5.41) is 2.66. The number of amides is 1. The normalized spacial score (nSPS) is 10.3. The van der Waals surface area contributed by atoms with Gasteiger partial charge in [-0.3, -0.25) is 9.59 Å². The largest absolute Gasteiger partial charge is 0.321 e. The monoisotopic (exact) mass is 305 g/mol. The third kappa shape index (κ3) is 3.18. The first-order chi connectivity index (χ1) is 11.1. The zero-order valence-electron chi connectivity index (χ0n) is 12.5. The Morgan fingerprint density at radius 2 is 1.83 bits per heavy atom. The zero-order chi connectivity index (χ0) is 16.2. The Hall–Kier alpha value is -3.21. The molecule has 0 unspecified atom stereocenters. The maximum Gasteiger partial charge on any atom is 0.262 e. The molecule has 0 atom stereocenters. The van der Waals surface area contributed by atoms with Gasteiger partial charge in [0.2, 0.25) is 0 Å². The molecule has 1 amide bonds. The lowest BCUT2D eigenvalue weighted by atomic mass is 10.1. The highest BCUT2D eigenvalue weighted by atomic mass is 16.2. The molecular weight excluding hydrogens is 290 g/mol. The molecule has 0 spiro atoms. The van der Waals surface area contributed by atoms with E-state index in [1.807, 2.05) is 43.3 Å². The Morgan fingerprint density at radius 1 is 1.04 bits per heavy atom. The number of carbonyl (C=O) groups is 1. The van der Waals surface area contributed by atoms with E-state index in [2.05, 4.69) is 15.3 Å². The number of hydrogen-bond donors (Lipinski definition) is 2. The Kier molecular flexibility index (Phi) is 4.01. The second kappa shape index (κ2) is 6.27. The summed E-state index contributed by atoms with van der Waals surface area (Å²) in [6.45, 7) is 1.84. The molecule has 0 saturated heterocycles. The van der Waals surface area contributed by atoms with Crippen LogP contribution in [0.2, 0.25) is 0 Å². The topological polar surface area (TPSA) is 74.8 Å². The fourth-order valence-electron chi connectivity index (χ4n) is 2.23. The molecule has 2 heterocycles. The van der Waals surface area contributed by atoms with Crippen LogP contribution in [0.3, 0.4) is 0 Å². The van der Waals surface area contributed by atoms with Gasteiger partial charge >= 0.3 is 0 Å². The molecule has 1 aromatic carbocycles. The molecule has 0 aliphatic carbocycles. The van der Waals surface area contributed by atoms with Crippen LogP contribution in [0.5, 0.6) is 0 Å². The van der Waals surface area contributed by atoms with Crippen LogP contribution in [0.4, 0.5) is 5.82 Å². The SMILES string of the molecule is Cc1cccnc1NC(=O)c1ccc(-c2ccccc2)[nH]c1=O. The van der Waals surface area contributed by atoms with Gasteiger partial charge < -0.3 is 10.3 Å². The van der Waals surface area contributed by atoms with E-state index in [0.29, 0.717) is 11.5 Å². The number of hydrogen-bond acceptors (Lipinski definition) is 3. The van der Waals surface area contributed by atoms with Gasteiger partial charge in [-0.2, -0.15) is 0 Å². The second-order valence-electron chi connectivity index (χ2n) is 5.10. The molecule has 3 aromatic rings. The van der Waals surface area contributed by atoms with Crippen LogP contribution in [0, 0.1) is 6.92 Å². The predicted molar refractivity (Wildman–Crippen MR) is 89.4 cm³/mol. The van der Waals surface area contributed by atoms with Gasteiger partial charge in [0, 0.05) is 11.9 Å². The number of pyridine rings is 2. The summed E-state index contributed by atoms with van der Waals surface area (Å²) >= 11 is 0. The first kappa shape index (κ1) is 14.7. The quantitative estimate of drug-likeness (QED) is 0.781. The lowest BCUT2D eigenvalue weighted by molar-refractivity contribution is 0.102. The van der Waals surface area contributed by atoms with Crippen molar-refractivity contribution >= 4 is 11.7 Å². The van der Waals surface area contributed by atoms with Crippen molar-refractivity contribution < 1.29 is 4.79 Å². The van der Waals surface area contributed by atoms with E-state index in [0.717, 1.165) is 11.1 Å². The third-order valence-electron chi connectivity index (χ3n) is 3.48. The molecule has 2 N–H and O–H groups in total. The summed E-state index contributed by atoms with van der Waals surface area (Å²) in [6.07, 6.45) is 1.59. The Bertz CT molecular complexity index is 901. The van der Waals surface area contributed by atoms with Gasteiger partial charge in [0.05, 0.1) is 0 Å². The Balaban J connectivity index is 1.88. The van der Waals surface area contributed by atoms with E-state index in [9.17, 15) is 9.59 Å². The number of anilines is 1. The molecule has 0 aliphatic rings. The predicted octanol–water partition coefficient (Wildman–Crippen LogP) is 3.00. The number of H-pyrrole nitrogens is 1. The summed E-state index contributed by atoms with van der Waals surface area (Å²) < 4.78 is 0. The molecule has 0 radical (unpaired) electrons. The number of aromatic nitrogens is 2. The molecular formula is C18H15N3O2. The Labute approximate surface area is 133 Å². The third-order valence-corrected chi connectivity index (χ3v) is 3.48. The summed E-state index contributed by atoms with van der Waals surface area (Å²) in [7, 11) is 0. The highest BCUT2D eigenvalue weighted by Gasteiger charge is 2.13. The smallest absolute Gasteiger partial charge is 0.262 e. The minimum Gasteiger partial charge on any atom is -0.321 e. The molecule has 2 aromatic heterocycles. The summed E-state index contributed by atoms with van der Waals surface area (Å²) in [6, 6.07) is 16.3. The number of rotatable bonds is 3. The fourth-order valence-corrected chi connectivity index (χ4v) is 2.23. The zero-order valence-corrected chi connectivity index (χ0v) is 12.5. The van der Waals surface area contributed by atoms with Gasteiger partial charge in [-0.25, -0.2) is 4.98 Å². The second-order valence-corrected chi connectivity index (χ2v) is 5.10. The first-order valence-electron chi connectivity index (χ1n) is 7.17. The molecule has 114 valence electrons. The lowest BCUT2D eigenvalue weighted by Crippen LogP contribution is -2.23. The van der Waals surface area contributed by atoms with Crippen LogP contribution in [0.1, 0.15) is 15.9 Å². The van der Waals surface area contributed by atoms with Crippen molar-refractivity contribution in [2.45, 2.75) is 6.92 Å². The van der Waals surface area contributed by atoms with E-state index in [1.54, 1.807) is 18.3 Å². The molecule has 0 saturated carbocycles. The van der Waals surface area contributed by atoms with E-state index < -0.39 is 11.5 Å². The van der Waals surface area contributed by atoms with E-state index >= 15 is 0 Å². The number of aryl methyl sites for hydroxylation is 1. The van der Waals surface area contributed by atoms with Crippen LogP contribution >= 0.6 is 0 Å². The van der Waals surface area contributed by atoms with Crippen molar-refractivity contribution in [3.05, 3.63) is 82.3 Å². The van der Waals surface area contributed by atoms with Crippen molar-refractivity contribution in [3.63, 3.8) is 0 Å². The highest BCUT2D eigenvalue weighted by Crippen LogP contribution is 2.15. The molecule has 0 fully saturated rings. The van der Waals surface area contributed by atoms with Crippen molar-refractivity contribution in [1.82, 2.24) is 9.97 Å². The molecule has 3 rings (SSSR count). The van der Waals surface area contributed by atoms with E-state index in [1.165, 1.54) is 6.07 Å². The summed E-state index contributed by atoms with van der Waals surface area (Å²) in [4.78, 5) is 31.3. The standard InChI is InChI=1S/C18H15N3O2/c1-12-6-5-11-19-16(12)21-18(23)14-9-10-15(20-17(14)22)13-7-3-2-4-8-13/h2-11H,1H3,(H,20,22)(H,19,21,23).